The number of hydrogen-bond acceptors (Lipinski definition) is 2. The summed E-state index contributed by atoms with van der Waals surface area (Å²) in [5.41, 5.74) is 1.45. The number of halogens is 1. The van der Waals surface area contributed by atoms with E-state index in [1.54, 1.807) is 13.2 Å². The molecule has 1 aromatic carbocycles. The minimum atomic E-state index is -0.266. The second-order valence-corrected chi connectivity index (χ2v) is 3.16. The van der Waals surface area contributed by atoms with Gasteiger partial charge < -0.3 is 9.72 Å². The van der Waals surface area contributed by atoms with Crippen molar-refractivity contribution in [2.75, 3.05) is 7.11 Å². The van der Waals surface area contributed by atoms with Crippen LogP contribution in [0.1, 0.15) is 18.9 Å². The van der Waals surface area contributed by atoms with Crippen molar-refractivity contribution < 1.29 is 9.13 Å². The summed E-state index contributed by atoms with van der Waals surface area (Å²) < 4.78 is 18.0. The van der Waals surface area contributed by atoms with Crippen LogP contribution in [-0.4, -0.2) is 17.1 Å². The van der Waals surface area contributed by atoms with E-state index in [2.05, 4.69) is 9.97 Å². The number of aromatic amines is 1. The summed E-state index contributed by atoms with van der Waals surface area (Å²) in [5.74, 6) is 0.450. The van der Waals surface area contributed by atoms with Gasteiger partial charge in [0.05, 0.1) is 11.0 Å². The molecule has 1 N–H and O–H groups in total. The molecular formula is C10H11FN2O. The minimum absolute atomic E-state index is 0.106. The first-order valence-corrected chi connectivity index (χ1v) is 4.38. The number of fused-ring (bicyclic) bond motifs is 1. The van der Waals surface area contributed by atoms with Crippen molar-refractivity contribution in [2.45, 2.75) is 13.0 Å². The normalized spacial score (nSPS) is 13.4. The van der Waals surface area contributed by atoms with Gasteiger partial charge in [0.15, 0.2) is 0 Å². The summed E-state index contributed by atoms with van der Waals surface area (Å²) in [4.78, 5) is 7.29. The molecule has 2 rings (SSSR count). The summed E-state index contributed by atoms with van der Waals surface area (Å²) in [6.07, 6.45) is -0.106. The Morgan fingerprint density at radius 2 is 2.29 bits per heavy atom. The molecule has 14 heavy (non-hydrogen) atoms. The zero-order chi connectivity index (χ0) is 10.1. The van der Waals surface area contributed by atoms with Gasteiger partial charge in [0.1, 0.15) is 17.7 Å². The lowest BCUT2D eigenvalue weighted by Crippen LogP contribution is -1.97. The number of nitrogens with zero attached hydrogens (tertiary/aromatic N) is 1. The van der Waals surface area contributed by atoms with Gasteiger partial charge in [-0.15, -0.1) is 0 Å². The van der Waals surface area contributed by atoms with Crippen LogP contribution in [0, 0.1) is 5.82 Å². The largest absolute Gasteiger partial charge is 0.374 e. The van der Waals surface area contributed by atoms with Crippen molar-refractivity contribution in [3.8, 4) is 0 Å². The first kappa shape index (κ1) is 9.15. The lowest BCUT2D eigenvalue weighted by atomic mass is 10.3. The molecule has 1 heterocycles. The van der Waals surface area contributed by atoms with Crippen molar-refractivity contribution in [2.24, 2.45) is 0 Å². The van der Waals surface area contributed by atoms with Gasteiger partial charge in [0.25, 0.3) is 0 Å². The Labute approximate surface area is 80.9 Å². The molecule has 0 aliphatic heterocycles. The lowest BCUT2D eigenvalue weighted by Gasteiger charge is -2.03. The number of H-pyrrole nitrogens is 1. The highest BCUT2D eigenvalue weighted by Gasteiger charge is 2.09. The molecule has 2 aromatic rings. The maximum atomic E-state index is 12.8. The number of methoxy groups -OCH3 is 1. The quantitative estimate of drug-likeness (QED) is 0.797. The van der Waals surface area contributed by atoms with Gasteiger partial charge in [-0.1, -0.05) is 0 Å². The first-order valence-electron chi connectivity index (χ1n) is 4.38. The van der Waals surface area contributed by atoms with Crippen molar-refractivity contribution in [1.29, 1.82) is 0 Å². The van der Waals surface area contributed by atoms with Gasteiger partial charge in [-0.25, -0.2) is 9.37 Å². The van der Waals surface area contributed by atoms with E-state index in [1.165, 1.54) is 12.1 Å². The van der Waals surface area contributed by atoms with Crippen LogP contribution in [0.5, 0.6) is 0 Å². The third kappa shape index (κ3) is 1.48. The highest BCUT2D eigenvalue weighted by Crippen LogP contribution is 2.18. The van der Waals surface area contributed by atoms with Crippen LogP contribution in [0.4, 0.5) is 4.39 Å². The molecule has 0 saturated carbocycles. The predicted molar refractivity (Wildman–Crippen MR) is 51.5 cm³/mol. The Bertz CT molecular complexity index is 452. The van der Waals surface area contributed by atoms with Crippen molar-refractivity contribution in [1.82, 2.24) is 9.97 Å². The highest BCUT2D eigenvalue weighted by molar-refractivity contribution is 5.74. The number of benzene rings is 1. The van der Waals surface area contributed by atoms with Crippen LogP contribution in [0.3, 0.4) is 0 Å². The van der Waals surface area contributed by atoms with Gasteiger partial charge in [-0.2, -0.15) is 0 Å². The summed E-state index contributed by atoms with van der Waals surface area (Å²) >= 11 is 0. The highest BCUT2D eigenvalue weighted by atomic mass is 19.1. The number of rotatable bonds is 2. The standard InChI is InChI=1S/C10H11FN2O/c1-6(14-2)10-12-8-4-3-7(11)5-9(8)13-10/h3-6H,1-2H3,(H,12,13). The molecule has 1 unspecified atom stereocenters. The Morgan fingerprint density at radius 1 is 1.50 bits per heavy atom. The average Bonchev–Trinajstić information content (AvgIpc) is 2.59. The van der Waals surface area contributed by atoms with Crippen LogP contribution in [0.2, 0.25) is 0 Å². The second kappa shape index (κ2) is 3.38. The molecule has 0 spiro atoms. The van der Waals surface area contributed by atoms with E-state index in [9.17, 15) is 4.39 Å². The van der Waals surface area contributed by atoms with Crippen LogP contribution in [0.25, 0.3) is 11.0 Å². The van der Waals surface area contributed by atoms with E-state index >= 15 is 0 Å². The topological polar surface area (TPSA) is 37.9 Å². The summed E-state index contributed by atoms with van der Waals surface area (Å²) in [7, 11) is 1.61. The molecule has 1 aromatic heterocycles. The lowest BCUT2D eigenvalue weighted by molar-refractivity contribution is 0.113. The Kier molecular flexibility index (Phi) is 2.21. The van der Waals surface area contributed by atoms with Gasteiger partial charge in [-0.05, 0) is 25.1 Å². The third-order valence-corrected chi connectivity index (χ3v) is 2.20. The Balaban J connectivity index is 2.51. The molecule has 0 saturated heterocycles. The molecule has 4 heteroatoms. The van der Waals surface area contributed by atoms with Crippen LogP contribution >= 0.6 is 0 Å². The molecule has 0 aliphatic carbocycles. The predicted octanol–water partition coefficient (Wildman–Crippen LogP) is 2.41. The zero-order valence-corrected chi connectivity index (χ0v) is 8.04. The molecular weight excluding hydrogens is 183 g/mol. The van der Waals surface area contributed by atoms with E-state index in [0.29, 0.717) is 11.3 Å². The smallest absolute Gasteiger partial charge is 0.136 e. The average molecular weight is 194 g/mol. The monoisotopic (exact) mass is 194 g/mol. The summed E-state index contributed by atoms with van der Waals surface area (Å²) in [5, 5.41) is 0. The second-order valence-electron chi connectivity index (χ2n) is 3.16. The first-order chi connectivity index (χ1) is 6.70. The molecule has 3 nitrogen and oxygen atoms in total. The SMILES string of the molecule is COC(C)c1nc2ccc(F)cc2[nH]1. The maximum Gasteiger partial charge on any atom is 0.136 e. The Morgan fingerprint density at radius 3 is 3.00 bits per heavy atom. The van der Waals surface area contributed by atoms with E-state index in [1.807, 2.05) is 6.92 Å². The summed E-state index contributed by atoms with van der Waals surface area (Å²) in [6.45, 7) is 1.88. The maximum absolute atomic E-state index is 12.8. The number of nitrogens with one attached hydrogen (secondary N) is 1. The molecule has 0 radical (unpaired) electrons. The van der Waals surface area contributed by atoms with E-state index < -0.39 is 0 Å². The van der Waals surface area contributed by atoms with Gasteiger partial charge in [0, 0.05) is 7.11 Å². The number of ether oxygens (including phenoxy) is 1. The Hall–Kier alpha value is -1.42. The molecule has 0 amide bonds. The fraction of sp³-hybridized carbons (Fsp3) is 0.300. The molecule has 0 aliphatic rings. The molecule has 0 bridgehead atoms. The van der Waals surface area contributed by atoms with Gasteiger partial charge in [0.2, 0.25) is 0 Å². The number of imidazole rings is 1. The molecule has 0 fully saturated rings. The van der Waals surface area contributed by atoms with Crippen molar-refractivity contribution >= 4 is 11.0 Å². The van der Waals surface area contributed by atoms with Crippen LogP contribution in [0.15, 0.2) is 18.2 Å². The minimum Gasteiger partial charge on any atom is -0.374 e. The fourth-order valence-corrected chi connectivity index (χ4v) is 1.31. The molecule has 74 valence electrons. The third-order valence-electron chi connectivity index (χ3n) is 2.20. The van der Waals surface area contributed by atoms with E-state index in [4.69, 9.17) is 4.74 Å². The van der Waals surface area contributed by atoms with Gasteiger partial charge >= 0.3 is 0 Å². The van der Waals surface area contributed by atoms with E-state index in [-0.39, 0.29) is 11.9 Å². The van der Waals surface area contributed by atoms with Crippen molar-refractivity contribution in [3.63, 3.8) is 0 Å². The molecule has 1 atom stereocenters. The summed E-state index contributed by atoms with van der Waals surface area (Å²) in [6, 6.07) is 4.46. The van der Waals surface area contributed by atoms with Gasteiger partial charge in [-0.3, -0.25) is 0 Å². The zero-order valence-electron chi connectivity index (χ0n) is 8.04. The van der Waals surface area contributed by atoms with E-state index in [0.717, 1.165) is 5.52 Å². The fourth-order valence-electron chi connectivity index (χ4n) is 1.31. The number of aromatic nitrogens is 2. The van der Waals surface area contributed by atoms with Crippen LogP contribution in [-0.2, 0) is 4.74 Å². The van der Waals surface area contributed by atoms with Crippen molar-refractivity contribution in [3.05, 3.63) is 29.8 Å². The van der Waals surface area contributed by atoms with Crippen LogP contribution < -0.4 is 0 Å². The number of hydrogen-bond donors (Lipinski definition) is 1.